The van der Waals surface area contributed by atoms with Crippen molar-refractivity contribution in [3.8, 4) is 0 Å². The first kappa shape index (κ1) is 11.5. The third-order valence-corrected chi connectivity index (χ3v) is 4.33. The average molecular weight is 257 g/mol. The van der Waals surface area contributed by atoms with Gasteiger partial charge in [0.25, 0.3) is 0 Å². The minimum atomic E-state index is 0.217. The van der Waals surface area contributed by atoms with Crippen LogP contribution in [0.3, 0.4) is 0 Å². The minimum absolute atomic E-state index is 0.217. The van der Waals surface area contributed by atoms with Crippen molar-refractivity contribution in [2.24, 2.45) is 0 Å². The lowest BCUT2D eigenvalue weighted by Crippen LogP contribution is -2.33. The summed E-state index contributed by atoms with van der Waals surface area (Å²) in [5, 5.41) is 4.27. The molecule has 2 aromatic rings. The van der Waals surface area contributed by atoms with Gasteiger partial charge in [-0.25, -0.2) is 0 Å². The highest BCUT2D eigenvalue weighted by atomic mass is 32.1. The highest BCUT2D eigenvalue weighted by Crippen LogP contribution is 2.37. The Morgan fingerprint density at radius 2 is 2.17 bits per heavy atom. The summed E-state index contributed by atoms with van der Waals surface area (Å²) < 4.78 is 0. The second-order valence-electron chi connectivity index (χ2n) is 4.75. The Hall–Kier alpha value is -1.61. The molecule has 1 aliphatic heterocycles. The van der Waals surface area contributed by atoms with Crippen LogP contribution >= 0.6 is 11.3 Å². The quantitative estimate of drug-likeness (QED) is 0.807. The maximum absolute atomic E-state index is 12.0. The lowest BCUT2D eigenvalue weighted by molar-refractivity contribution is -0.119. The van der Waals surface area contributed by atoms with Crippen molar-refractivity contribution in [2.75, 3.05) is 11.9 Å². The molecule has 3 heteroatoms. The number of amides is 1. The second kappa shape index (κ2) is 4.58. The molecule has 2 nitrogen and oxygen atoms in total. The average Bonchev–Trinajstić information content (AvgIpc) is 2.89. The molecule has 0 spiro atoms. The van der Waals surface area contributed by atoms with Gasteiger partial charge in [0, 0.05) is 19.2 Å². The number of para-hydroxylation sites is 1. The number of fused-ring (bicyclic) bond motifs is 1. The Morgan fingerprint density at radius 1 is 1.33 bits per heavy atom. The lowest BCUT2D eigenvalue weighted by Gasteiger charge is -2.31. The molecule has 1 amide bonds. The highest BCUT2D eigenvalue weighted by Gasteiger charge is 2.28. The number of nitrogens with zero attached hydrogens (tertiary/aromatic N) is 1. The van der Waals surface area contributed by atoms with Crippen molar-refractivity contribution in [1.29, 1.82) is 0 Å². The smallest absolute Gasteiger partial charge is 0.227 e. The third-order valence-electron chi connectivity index (χ3n) is 3.60. The Morgan fingerprint density at radius 3 is 2.94 bits per heavy atom. The highest BCUT2D eigenvalue weighted by molar-refractivity contribution is 7.07. The molecule has 0 aliphatic carbocycles. The Kier molecular flexibility index (Phi) is 2.92. The molecule has 1 aromatic carbocycles. The molecule has 2 heterocycles. The summed E-state index contributed by atoms with van der Waals surface area (Å²) in [4.78, 5) is 13.8. The van der Waals surface area contributed by atoms with Crippen molar-refractivity contribution >= 4 is 22.9 Å². The molecule has 0 saturated heterocycles. The van der Waals surface area contributed by atoms with Crippen LogP contribution in [-0.4, -0.2) is 13.0 Å². The fourth-order valence-electron chi connectivity index (χ4n) is 2.61. The van der Waals surface area contributed by atoms with Gasteiger partial charge in [0.2, 0.25) is 5.91 Å². The maximum atomic E-state index is 12.0. The van der Waals surface area contributed by atoms with Crippen LogP contribution in [0.15, 0.2) is 41.1 Å². The van der Waals surface area contributed by atoms with E-state index in [-0.39, 0.29) is 5.91 Å². The van der Waals surface area contributed by atoms with E-state index < -0.39 is 0 Å². The molecule has 92 valence electrons. The number of rotatable bonds is 2. The first-order chi connectivity index (χ1) is 8.75. The molecule has 1 aromatic heterocycles. The van der Waals surface area contributed by atoms with E-state index in [1.54, 1.807) is 16.2 Å². The van der Waals surface area contributed by atoms with Gasteiger partial charge in [-0.1, -0.05) is 18.2 Å². The molecule has 3 rings (SSSR count). The monoisotopic (exact) mass is 257 g/mol. The van der Waals surface area contributed by atoms with Crippen LogP contribution in [0.4, 0.5) is 5.69 Å². The molecule has 1 aliphatic rings. The zero-order valence-corrected chi connectivity index (χ0v) is 11.1. The molecular weight excluding hydrogens is 242 g/mol. The largest absolute Gasteiger partial charge is 0.315 e. The van der Waals surface area contributed by atoms with Crippen molar-refractivity contribution in [3.05, 3.63) is 52.2 Å². The van der Waals surface area contributed by atoms with Crippen LogP contribution in [0.1, 0.15) is 23.5 Å². The zero-order chi connectivity index (χ0) is 12.5. The number of hydrogen-bond donors (Lipinski definition) is 0. The van der Waals surface area contributed by atoms with Crippen LogP contribution in [-0.2, 0) is 11.2 Å². The van der Waals surface area contributed by atoms with Crippen LogP contribution in [0.25, 0.3) is 0 Å². The predicted octanol–water partition coefficient (Wildman–Crippen LogP) is 3.44. The fraction of sp³-hybridized carbons (Fsp3) is 0.267. The first-order valence-electron chi connectivity index (χ1n) is 6.12. The Bertz CT molecular complexity index is 562. The van der Waals surface area contributed by atoms with E-state index in [0.717, 1.165) is 12.1 Å². The molecule has 18 heavy (non-hydrogen) atoms. The van der Waals surface area contributed by atoms with E-state index in [1.165, 1.54) is 11.1 Å². The molecule has 0 fully saturated rings. The first-order valence-corrected chi connectivity index (χ1v) is 7.06. The van der Waals surface area contributed by atoms with E-state index >= 15 is 0 Å². The number of carbonyl (C=O) groups is 1. The van der Waals surface area contributed by atoms with Gasteiger partial charge in [-0.05, 0) is 46.4 Å². The standard InChI is InChI=1S/C15H15NOS/c1-16-14-5-3-2-4-13(14)12(9-15(16)17)8-11-6-7-18-10-11/h2-7,10,12H,8-9H2,1H3. The molecule has 0 bridgehead atoms. The molecule has 1 atom stereocenters. The molecule has 0 radical (unpaired) electrons. The van der Waals surface area contributed by atoms with E-state index in [4.69, 9.17) is 0 Å². The minimum Gasteiger partial charge on any atom is -0.315 e. The Labute approximate surface area is 111 Å². The summed E-state index contributed by atoms with van der Waals surface area (Å²) in [6.45, 7) is 0. The van der Waals surface area contributed by atoms with Gasteiger partial charge >= 0.3 is 0 Å². The van der Waals surface area contributed by atoms with Crippen molar-refractivity contribution in [2.45, 2.75) is 18.8 Å². The normalized spacial score (nSPS) is 18.8. The number of carbonyl (C=O) groups excluding carboxylic acids is 1. The van der Waals surface area contributed by atoms with Crippen molar-refractivity contribution < 1.29 is 4.79 Å². The van der Waals surface area contributed by atoms with Crippen LogP contribution < -0.4 is 4.90 Å². The number of benzene rings is 1. The summed E-state index contributed by atoms with van der Waals surface area (Å²) >= 11 is 1.72. The Balaban J connectivity index is 1.96. The lowest BCUT2D eigenvalue weighted by atomic mass is 9.85. The second-order valence-corrected chi connectivity index (χ2v) is 5.53. The summed E-state index contributed by atoms with van der Waals surface area (Å²) in [6, 6.07) is 10.4. The van der Waals surface area contributed by atoms with Gasteiger partial charge < -0.3 is 4.90 Å². The third kappa shape index (κ3) is 1.95. The van der Waals surface area contributed by atoms with Crippen molar-refractivity contribution in [1.82, 2.24) is 0 Å². The topological polar surface area (TPSA) is 20.3 Å². The SMILES string of the molecule is CN1C(=O)CC(Cc2ccsc2)c2ccccc21. The number of hydrogen-bond acceptors (Lipinski definition) is 2. The summed E-state index contributed by atoms with van der Waals surface area (Å²) in [6.07, 6.45) is 1.57. The number of thiophene rings is 1. The van der Waals surface area contributed by atoms with Crippen molar-refractivity contribution in [3.63, 3.8) is 0 Å². The predicted molar refractivity (Wildman–Crippen MR) is 75.2 cm³/mol. The van der Waals surface area contributed by atoms with E-state index in [0.29, 0.717) is 12.3 Å². The van der Waals surface area contributed by atoms with E-state index in [9.17, 15) is 4.79 Å². The molecular formula is C15H15NOS. The zero-order valence-electron chi connectivity index (χ0n) is 10.3. The van der Waals surface area contributed by atoms with Gasteiger partial charge in [0.1, 0.15) is 0 Å². The van der Waals surface area contributed by atoms with E-state index in [2.05, 4.69) is 29.0 Å². The molecule has 0 saturated carbocycles. The van der Waals surface area contributed by atoms with Gasteiger partial charge in [-0.2, -0.15) is 11.3 Å². The van der Waals surface area contributed by atoms with Gasteiger partial charge in [0.15, 0.2) is 0 Å². The van der Waals surface area contributed by atoms with Gasteiger partial charge in [0.05, 0.1) is 0 Å². The number of anilines is 1. The van der Waals surface area contributed by atoms with Crippen LogP contribution in [0.2, 0.25) is 0 Å². The molecule has 1 unspecified atom stereocenters. The molecule has 0 N–H and O–H groups in total. The van der Waals surface area contributed by atoms with Gasteiger partial charge in [-0.3, -0.25) is 4.79 Å². The van der Waals surface area contributed by atoms with Crippen LogP contribution in [0, 0.1) is 0 Å². The summed E-state index contributed by atoms with van der Waals surface area (Å²) in [7, 11) is 1.86. The maximum Gasteiger partial charge on any atom is 0.227 e. The van der Waals surface area contributed by atoms with E-state index in [1.807, 2.05) is 19.2 Å². The summed E-state index contributed by atoms with van der Waals surface area (Å²) in [5.74, 6) is 0.536. The summed E-state index contributed by atoms with van der Waals surface area (Å²) in [5.41, 5.74) is 3.69. The van der Waals surface area contributed by atoms with Crippen LogP contribution in [0.5, 0.6) is 0 Å². The fourth-order valence-corrected chi connectivity index (χ4v) is 3.29. The van der Waals surface area contributed by atoms with Gasteiger partial charge in [-0.15, -0.1) is 0 Å².